The molecule has 2 atom stereocenters. The summed E-state index contributed by atoms with van der Waals surface area (Å²) < 4.78 is 10.1. The van der Waals surface area contributed by atoms with E-state index in [4.69, 9.17) is 14.7 Å². The van der Waals surface area contributed by atoms with E-state index in [0.717, 1.165) is 13.1 Å². The van der Waals surface area contributed by atoms with Crippen LogP contribution in [0.4, 0.5) is 0 Å². The highest BCUT2D eigenvalue weighted by Gasteiger charge is 2.21. The third-order valence-electron chi connectivity index (χ3n) is 2.63. The Hall–Kier alpha value is -0.710. The fourth-order valence-electron chi connectivity index (χ4n) is 1.75. The Morgan fingerprint density at radius 1 is 1.71 bits per heavy atom. The van der Waals surface area contributed by atoms with Gasteiger partial charge in [-0.25, -0.2) is 0 Å². The van der Waals surface area contributed by atoms with E-state index in [2.05, 4.69) is 16.3 Å². The lowest BCUT2D eigenvalue weighted by molar-refractivity contribution is -0.0154. The number of rotatable bonds is 7. The van der Waals surface area contributed by atoms with E-state index in [1.54, 1.807) is 7.11 Å². The number of morpholine rings is 1. The van der Waals surface area contributed by atoms with Crippen LogP contribution in [0.5, 0.6) is 0 Å². The molecule has 0 aromatic rings. The Balaban J connectivity index is 2.12. The Morgan fingerprint density at radius 3 is 3.24 bits per heavy atom. The van der Waals surface area contributed by atoms with Crippen molar-refractivity contribution in [1.29, 1.82) is 5.26 Å². The van der Waals surface area contributed by atoms with Gasteiger partial charge in [0.05, 0.1) is 25.4 Å². The minimum atomic E-state index is -0.427. The topological polar surface area (TPSA) is 77.8 Å². The lowest BCUT2D eigenvalue weighted by Gasteiger charge is -2.31. The molecule has 0 aromatic heterocycles. The summed E-state index contributed by atoms with van der Waals surface area (Å²) in [5, 5.41) is 21.6. The van der Waals surface area contributed by atoms with Crippen LogP contribution >= 0.6 is 0 Å². The molecular weight excluding hydrogens is 222 g/mol. The summed E-state index contributed by atoms with van der Waals surface area (Å²) >= 11 is 0. The molecular formula is C11H21N3O3. The summed E-state index contributed by atoms with van der Waals surface area (Å²) in [4.78, 5) is 2.06. The molecule has 1 aliphatic heterocycles. The number of hydrogen-bond donors (Lipinski definition) is 2. The van der Waals surface area contributed by atoms with Gasteiger partial charge >= 0.3 is 0 Å². The minimum absolute atomic E-state index is 0.364. The van der Waals surface area contributed by atoms with Crippen molar-refractivity contribution >= 4 is 0 Å². The average Bonchev–Trinajstić information content (AvgIpc) is 2.35. The summed E-state index contributed by atoms with van der Waals surface area (Å²) in [7, 11) is 1.65. The second-order valence-corrected chi connectivity index (χ2v) is 4.10. The van der Waals surface area contributed by atoms with Gasteiger partial charge in [-0.15, -0.1) is 0 Å². The molecule has 6 nitrogen and oxygen atoms in total. The molecule has 0 aliphatic carbocycles. The minimum Gasteiger partial charge on any atom is -0.390 e. The second kappa shape index (κ2) is 8.39. The molecule has 1 heterocycles. The van der Waals surface area contributed by atoms with E-state index in [-0.39, 0.29) is 6.10 Å². The number of nitrogens with one attached hydrogen (secondary N) is 1. The third-order valence-corrected chi connectivity index (χ3v) is 2.63. The number of nitriles is 1. The van der Waals surface area contributed by atoms with Crippen LogP contribution in [0.15, 0.2) is 0 Å². The Labute approximate surface area is 102 Å². The van der Waals surface area contributed by atoms with Gasteiger partial charge in [0.25, 0.3) is 0 Å². The predicted octanol–water partition coefficient (Wildman–Crippen LogP) is -1.19. The molecule has 0 saturated carbocycles. The number of ether oxygens (including phenoxy) is 2. The molecule has 2 unspecified atom stereocenters. The van der Waals surface area contributed by atoms with Crippen molar-refractivity contribution in [2.45, 2.75) is 12.2 Å². The highest BCUT2D eigenvalue weighted by Crippen LogP contribution is 2.04. The smallest absolute Gasteiger partial charge is 0.156 e. The number of hydrogen-bond acceptors (Lipinski definition) is 6. The summed E-state index contributed by atoms with van der Waals surface area (Å²) in [6.07, 6.45) is -0.790. The first kappa shape index (κ1) is 14.4. The standard InChI is InChI=1S/C11H21N3O3/c1-16-4-2-13-7-10(15)8-14-3-5-17-11(6-12)9-14/h10-11,13,15H,2-5,7-9H2,1H3. The summed E-state index contributed by atoms with van der Waals surface area (Å²) in [6, 6.07) is 2.09. The molecule has 2 N–H and O–H groups in total. The van der Waals surface area contributed by atoms with Crippen molar-refractivity contribution in [2.75, 3.05) is 53.0 Å². The van der Waals surface area contributed by atoms with Crippen LogP contribution in [-0.2, 0) is 9.47 Å². The molecule has 1 saturated heterocycles. The second-order valence-electron chi connectivity index (χ2n) is 4.10. The van der Waals surface area contributed by atoms with Crippen LogP contribution < -0.4 is 5.32 Å². The zero-order chi connectivity index (χ0) is 12.5. The molecule has 17 heavy (non-hydrogen) atoms. The molecule has 0 amide bonds. The maximum Gasteiger partial charge on any atom is 0.156 e. The van der Waals surface area contributed by atoms with E-state index in [1.165, 1.54) is 0 Å². The molecule has 98 valence electrons. The Morgan fingerprint density at radius 2 is 2.53 bits per heavy atom. The molecule has 0 bridgehead atoms. The van der Waals surface area contributed by atoms with E-state index in [9.17, 15) is 5.11 Å². The zero-order valence-electron chi connectivity index (χ0n) is 10.3. The first-order valence-electron chi connectivity index (χ1n) is 5.87. The predicted molar refractivity (Wildman–Crippen MR) is 62.5 cm³/mol. The summed E-state index contributed by atoms with van der Waals surface area (Å²) in [5.74, 6) is 0. The molecule has 0 radical (unpaired) electrons. The van der Waals surface area contributed by atoms with E-state index in [1.807, 2.05) is 0 Å². The van der Waals surface area contributed by atoms with Gasteiger partial charge in [-0.1, -0.05) is 0 Å². The quantitative estimate of drug-likeness (QED) is 0.547. The molecule has 0 spiro atoms. The van der Waals surface area contributed by atoms with Crippen LogP contribution in [0.25, 0.3) is 0 Å². The first-order valence-corrected chi connectivity index (χ1v) is 5.87. The van der Waals surface area contributed by atoms with Gasteiger partial charge in [0.15, 0.2) is 6.10 Å². The van der Waals surface area contributed by atoms with Crippen LogP contribution in [0.2, 0.25) is 0 Å². The van der Waals surface area contributed by atoms with Gasteiger partial charge in [-0.2, -0.15) is 5.26 Å². The van der Waals surface area contributed by atoms with Crippen molar-refractivity contribution in [2.24, 2.45) is 0 Å². The van der Waals surface area contributed by atoms with Gasteiger partial charge < -0.3 is 19.9 Å². The first-order chi connectivity index (χ1) is 8.26. The lowest BCUT2D eigenvalue weighted by Crippen LogP contribution is -2.47. The van der Waals surface area contributed by atoms with Crippen LogP contribution in [0.3, 0.4) is 0 Å². The number of aliphatic hydroxyl groups is 1. The van der Waals surface area contributed by atoms with Crippen molar-refractivity contribution in [3.05, 3.63) is 0 Å². The fraction of sp³-hybridized carbons (Fsp3) is 0.909. The molecule has 6 heteroatoms. The lowest BCUT2D eigenvalue weighted by atomic mass is 10.2. The molecule has 0 aromatic carbocycles. The maximum absolute atomic E-state index is 9.79. The highest BCUT2D eigenvalue weighted by molar-refractivity contribution is 4.89. The van der Waals surface area contributed by atoms with E-state index >= 15 is 0 Å². The van der Waals surface area contributed by atoms with E-state index in [0.29, 0.717) is 32.8 Å². The SMILES string of the molecule is COCCNCC(O)CN1CCOC(C#N)C1. The van der Waals surface area contributed by atoms with Gasteiger partial charge in [0.1, 0.15) is 0 Å². The van der Waals surface area contributed by atoms with Crippen LogP contribution in [0.1, 0.15) is 0 Å². The monoisotopic (exact) mass is 243 g/mol. The number of aliphatic hydroxyl groups excluding tert-OH is 1. The number of β-amino-alcohol motifs (C(OH)–C–C–N with tert-alkyl or cyclic N) is 1. The maximum atomic E-state index is 9.79. The van der Waals surface area contributed by atoms with Crippen molar-refractivity contribution in [1.82, 2.24) is 10.2 Å². The average molecular weight is 243 g/mol. The summed E-state index contributed by atoms with van der Waals surface area (Å²) in [5.41, 5.74) is 0. The van der Waals surface area contributed by atoms with E-state index < -0.39 is 6.10 Å². The Bertz CT molecular complexity index is 245. The van der Waals surface area contributed by atoms with Gasteiger partial charge in [-0.3, -0.25) is 4.90 Å². The van der Waals surface area contributed by atoms with Gasteiger partial charge in [0.2, 0.25) is 0 Å². The zero-order valence-corrected chi connectivity index (χ0v) is 10.3. The van der Waals surface area contributed by atoms with Crippen molar-refractivity contribution in [3.8, 4) is 6.07 Å². The van der Waals surface area contributed by atoms with Crippen LogP contribution in [-0.4, -0.2) is 75.3 Å². The normalized spacial score (nSPS) is 23.2. The van der Waals surface area contributed by atoms with Crippen molar-refractivity contribution in [3.63, 3.8) is 0 Å². The largest absolute Gasteiger partial charge is 0.390 e. The summed E-state index contributed by atoms with van der Waals surface area (Å²) in [6.45, 7) is 4.39. The van der Waals surface area contributed by atoms with Crippen LogP contribution in [0, 0.1) is 11.3 Å². The highest BCUT2D eigenvalue weighted by atomic mass is 16.5. The Kier molecular flexibility index (Phi) is 7.08. The number of methoxy groups -OCH3 is 1. The third kappa shape index (κ3) is 5.96. The molecule has 1 aliphatic rings. The fourth-order valence-corrected chi connectivity index (χ4v) is 1.75. The molecule has 1 fully saturated rings. The number of nitrogens with zero attached hydrogens (tertiary/aromatic N) is 2. The van der Waals surface area contributed by atoms with Crippen molar-refractivity contribution < 1.29 is 14.6 Å². The molecule has 1 rings (SSSR count). The van der Waals surface area contributed by atoms with Gasteiger partial charge in [0, 0.05) is 39.8 Å². The van der Waals surface area contributed by atoms with Gasteiger partial charge in [-0.05, 0) is 0 Å².